The lowest BCUT2D eigenvalue weighted by Crippen LogP contribution is -2.25. The van der Waals surface area contributed by atoms with Crippen LogP contribution < -0.4 is 11.1 Å². The van der Waals surface area contributed by atoms with Crippen molar-refractivity contribution in [1.82, 2.24) is 5.32 Å². The third-order valence-electron chi connectivity index (χ3n) is 2.75. The van der Waals surface area contributed by atoms with Gasteiger partial charge in [0.25, 0.3) is 5.91 Å². The number of benzene rings is 1. The predicted molar refractivity (Wildman–Crippen MR) is 71.0 cm³/mol. The maximum absolute atomic E-state index is 13.6. The average Bonchev–Trinajstić information content (AvgIpc) is 2.77. The van der Waals surface area contributed by atoms with Crippen LogP contribution in [0.15, 0.2) is 22.9 Å². The van der Waals surface area contributed by atoms with Crippen LogP contribution in [-0.2, 0) is 6.54 Å². The minimum Gasteiger partial charge on any atom is -0.396 e. The molecule has 1 aromatic heterocycles. The lowest BCUT2D eigenvalue weighted by Gasteiger charge is -2.08. The molecule has 1 heterocycles. The lowest BCUT2D eigenvalue weighted by molar-refractivity contribution is 0.0942. The van der Waals surface area contributed by atoms with Gasteiger partial charge in [-0.3, -0.25) is 4.79 Å². The first-order chi connectivity index (χ1) is 9.00. The van der Waals surface area contributed by atoms with Gasteiger partial charge < -0.3 is 11.1 Å². The monoisotopic (exact) mass is 282 g/mol. The van der Waals surface area contributed by atoms with Gasteiger partial charge in [-0.15, -0.1) is 0 Å². The van der Waals surface area contributed by atoms with E-state index in [-0.39, 0.29) is 12.2 Å². The van der Waals surface area contributed by atoms with Gasteiger partial charge in [-0.1, -0.05) is 0 Å². The van der Waals surface area contributed by atoms with E-state index in [1.165, 1.54) is 11.3 Å². The molecule has 100 valence electrons. The molecule has 0 aliphatic heterocycles. The number of aryl methyl sites for hydroxylation is 1. The first-order valence-electron chi connectivity index (χ1n) is 5.54. The first kappa shape index (κ1) is 13.5. The highest BCUT2D eigenvalue weighted by molar-refractivity contribution is 7.08. The second-order valence-electron chi connectivity index (χ2n) is 4.09. The zero-order valence-electron chi connectivity index (χ0n) is 10.2. The number of thiophene rings is 1. The summed E-state index contributed by atoms with van der Waals surface area (Å²) in [5.41, 5.74) is 6.37. The second-order valence-corrected chi connectivity index (χ2v) is 4.83. The quantitative estimate of drug-likeness (QED) is 0.850. The van der Waals surface area contributed by atoms with Gasteiger partial charge in [-0.05, 0) is 40.9 Å². The number of hydrogen-bond donors (Lipinski definition) is 2. The Hall–Kier alpha value is -1.95. The minimum atomic E-state index is -1.03. The number of nitrogen functional groups attached to an aromatic ring is 1. The van der Waals surface area contributed by atoms with Crippen LogP contribution in [0.3, 0.4) is 0 Å². The Balaban J connectivity index is 2.17. The third kappa shape index (κ3) is 2.73. The largest absolute Gasteiger partial charge is 0.396 e. The molecule has 2 aromatic rings. The molecule has 3 nitrogen and oxygen atoms in total. The van der Waals surface area contributed by atoms with Crippen molar-refractivity contribution >= 4 is 22.9 Å². The summed E-state index contributed by atoms with van der Waals surface area (Å²) >= 11 is 1.50. The molecule has 0 radical (unpaired) electrons. The Kier molecular flexibility index (Phi) is 3.80. The van der Waals surface area contributed by atoms with Crippen LogP contribution in [0, 0.1) is 18.6 Å². The van der Waals surface area contributed by atoms with Crippen molar-refractivity contribution in [3.8, 4) is 0 Å². The predicted octanol–water partition coefficient (Wildman–Crippen LogP) is 2.85. The lowest BCUT2D eigenvalue weighted by atomic mass is 10.1. The molecule has 0 bridgehead atoms. The van der Waals surface area contributed by atoms with Crippen molar-refractivity contribution < 1.29 is 13.6 Å². The number of amides is 1. The summed E-state index contributed by atoms with van der Waals surface area (Å²) in [4.78, 5) is 11.8. The number of nitrogens with two attached hydrogens (primary N) is 1. The molecule has 0 aliphatic rings. The molecule has 3 N–H and O–H groups in total. The summed E-state index contributed by atoms with van der Waals surface area (Å²) in [6, 6.07) is 2.06. The van der Waals surface area contributed by atoms with Crippen molar-refractivity contribution in [3.05, 3.63) is 51.2 Å². The smallest absolute Gasteiger partial charge is 0.257 e. The molecule has 0 spiro atoms. The Labute approximate surface area is 113 Å². The molecule has 0 unspecified atom stereocenters. The van der Waals surface area contributed by atoms with Crippen molar-refractivity contribution in [2.75, 3.05) is 5.73 Å². The third-order valence-corrected chi connectivity index (χ3v) is 3.66. The Bertz CT molecular complexity index is 625. The van der Waals surface area contributed by atoms with Crippen LogP contribution in [0.4, 0.5) is 14.5 Å². The summed E-state index contributed by atoms with van der Waals surface area (Å²) in [5.74, 6) is -2.77. The van der Waals surface area contributed by atoms with Crippen molar-refractivity contribution in [2.24, 2.45) is 0 Å². The van der Waals surface area contributed by atoms with Crippen LogP contribution >= 0.6 is 11.3 Å². The molecule has 0 fully saturated rings. The van der Waals surface area contributed by atoms with E-state index in [4.69, 9.17) is 5.73 Å². The number of nitrogens with one attached hydrogen (secondary N) is 1. The molecule has 2 rings (SSSR count). The van der Waals surface area contributed by atoms with E-state index in [0.717, 1.165) is 23.3 Å². The molecule has 6 heteroatoms. The molecular formula is C13H12F2N2OS. The molecule has 0 saturated heterocycles. The van der Waals surface area contributed by atoms with Gasteiger partial charge in [0, 0.05) is 6.54 Å². The number of anilines is 1. The van der Waals surface area contributed by atoms with Crippen molar-refractivity contribution in [1.29, 1.82) is 0 Å². The molecular weight excluding hydrogens is 270 g/mol. The zero-order chi connectivity index (χ0) is 14.0. The van der Waals surface area contributed by atoms with E-state index in [9.17, 15) is 13.6 Å². The molecule has 1 aromatic carbocycles. The Morgan fingerprint density at radius 2 is 2.11 bits per heavy atom. The number of hydrogen-bond acceptors (Lipinski definition) is 3. The average molecular weight is 282 g/mol. The van der Waals surface area contributed by atoms with E-state index in [1.807, 2.05) is 17.7 Å². The highest BCUT2D eigenvalue weighted by atomic mass is 32.1. The highest BCUT2D eigenvalue weighted by Gasteiger charge is 2.19. The number of halogens is 2. The van der Waals surface area contributed by atoms with Crippen LogP contribution in [-0.4, -0.2) is 5.91 Å². The van der Waals surface area contributed by atoms with E-state index in [1.54, 1.807) is 0 Å². The van der Waals surface area contributed by atoms with Crippen LogP contribution in [0.25, 0.3) is 0 Å². The van der Waals surface area contributed by atoms with Gasteiger partial charge in [0.05, 0.1) is 5.69 Å². The molecule has 0 aliphatic carbocycles. The minimum absolute atomic E-state index is 0.224. The standard InChI is InChI=1S/C13H12F2N2OS/c1-7-5-19-6-8(7)4-17-13(18)11-9(14)2-3-10(16)12(11)15/h2-3,5-6H,4,16H2,1H3,(H,17,18). The fourth-order valence-corrected chi connectivity index (χ4v) is 2.47. The highest BCUT2D eigenvalue weighted by Crippen LogP contribution is 2.19. The number of carbonyl (C=O) groups excluding carboxylic acids is 1. The topological polar surface area (TPSA) is 55.1 Å². The zero-order valence-corrected chi connectivity index (χ0v) is 11.0. The molecule has 0 atom stereocenters. The van der Waals surface area contributed by atoms with E-state index >= 15 is 0 Å². The molecule has 1 amide bonds. The normalized spacial score (nSPS) is 10.5. The number of carbonyl (C=O) groups is 1. The fraction of sp³-hybridized carbons (Fsp3) is 0.154. The van der Waals surface area contributed by atoms with Crippen LogP contribution in [0.2, 0.25) is 0 Å². The van der Waals surface area contributed by atoms with Gasteiger partial charge in [0.1, 0.15) is 11.4 Å². The molecule has 0 saturated carbocycles. The Morgan fingerprint density at radius 3 is 2.74 bits per heavy atom. The summed E-state index contributed by atoms with van der Waals surface area (Å²) in [6.07, 6.45) is 0. The van der Waals surface area contributed by atoms with Crippen molar-refractivity contribution in [3.63, 3.8) is 0 Å². The second kappa shape index (κ2) is 5.36. The van der Waals surface area contributed by atoms with Gasteiger partial charge in [-0.2, -0.15) is 11.3 Å². The van der Waals surface area contributed by atoms with Gasteiger partial charge >= 0.3 is 0 Å². The summed E-state index contributed by atoms with van der Waals surface area (Å²) in [6.45, 7) is 2.13. The fourth-order valence-electron chi connectivity index (χ4n) is 1.61. The van der Waals surface area contributed by atoms with Gasteiger partial charge in [0.2, 0.25) is 0 Å². The van der Waals surface area contributed by atoms with Gasteiger partial charge in [0.15, 0.2) is 5.82 Å². The number of rotatable bonds is 3. The summed E-state index contributed by atoms with van der Waals surface area (Å²) in [7, 11) is 0. The maximum Gasteiger partial charge on any atom is 0.257 e. The van der Waals surface area contributed by atoms with Crippen LogP contribution in [0.5, 0.6) is 0 Å². The van der Waals surface area contributed by atoms with Crippen LogP contribution in [0.1, 0.15) is 21.5 Å². The van der Waals surface area contributed by atoms with Gasteiger partial charge in [-0.25, -0.2) is 8.78 Å². The summed E-state index contributed by atoms with van der Waals surface area (Å²) < 4.78 is 27.1. The van der Waals surface area contributed by atoms with E-state index in [2.05, 4.69) is 5.32 Å². The Morgan fingerprint density at radius 1 is 1.37 bits per heavy atom. The SMILES string of the molecule is Cc1cscc1CNC(=O)c1c(F)ccc(N)c1F. The summed E-state index contributed by atoms with van der Waals surface area (Å²) in [5, 5.41) is 6.29. The first-order valence-corrected chi connectivity index (χ1v) is 6.48. The van der Waals surface area contributed by atoms with E-state index in [0.29, 0.717) is 0 Å². The molecule has 19 heavy (non-hydrogen) atoms. The van der Waals surface area contributed by atoms with Crippen molar-refractivity contribution in [2.45, 2.75) is 13.5 Å². The maximum atomic E-state index is 13.6. The van der Waals surface area contributed by atoms with E-state index < -0.39 is 23.1 Å².